The molecule has 2 N–H and O–H groups in total. The molecule has 0 atom stereocenters. The first-order valence-corrected chi connectivity index (χ1v) is 6.68. The molecular formula is C15H16N2O4. The molecule has 0 bridgehead atoms. The smallest absolute Gasteiger partial charge is 0.375 e. The van der Waals surface area contributed by atoms with Crippen LogP contribution in [-0.4, -0.2) is 22.1 Å². The van der Waals surface area contributed by atoms with Gasteiger partial charge in [0.05, 0.1) is 0 Å². The van der Waals surface area contributed by atoms with Crippen molar-refractivity contribution < 1.29 is 19.2 Å². The zero-order valence-electron chi connectivity index (χ0n) is 11.8. The lowest BCUT2D eigenvalue weighted by Crippen LogP contribution is -2.09. The van der Waals surface area contributed by atoms with Gasteiger partial charge in [0.15, 0.2) is 0 Å². The van der Waals surface area contributed by atoms with Crippen molar-refractivity contribution in [1.82, 2.24) is 5.16 Å². The number of amides is 1. The van der Waals surface area contributed by atoms with Crippen LogP contribution in [0.3, 0.4) is 0 Å². The summed E-state index contributed by atoms with van der Waals surface area (Å²) in [6.07, 6.45) is 0.918. The topological polar surface area (TPSA) is 92.4 Å². The molecule has 0 aliphatic carbocycles. The Bertz CT molecular complexity index is 659. The molecule has 0 spiro atoms. The fourth-order valence-electron chi connectivity index (χ4n) is 1.99. The number of rotatable bonds is 5. The third-order valence-electron chi connectivity index (χ3n) is 3.10. The number of aromatic carboxylic acids is 1. The Morgan fingerprint density at radius 3 is 2.43 bits per heavy atom. The van der Waals surface area contributed by atoms with E-state index in [-0.39, 0.29) is 11.7 Å². The van der Waals surface area contributed by atoms with E-state index in [1.165, 1.54) is 0 Å². The summed E-state index contributed by atoms with van der Waals surface area (Å²) in [5.74, 6) is -1.32. The predicted molar refractivity (Wildman–Crippen MR) is 77.2 cm³/mol. The minimum atomic E-state index is -1.13. The molecule has 0 unspecified atom stereocenters. The van der Waals surface area contributed by atoms with Gasteiger partial charge in [-0.25, -0.2) is 4.79 Å². The zero-order chi connectivity index (χ0) is 15.4. The molecule has 6 heteroatoms. The van der Waals surface area contributed by atoms with E-state index in [0.29, 0.717) is 29.8 Å². The Hall–Kier alpha value is -2.63. The van der Waals surface area contributed by atoms with Gasteiger partial charge in [-0.2, -0.15) is 0 Å². The molecule has 1 heterocycles. The Labute approximate surface area is 121 Å². The monoisotopic (exact) mass is 288 g/mol. The zero-order valence-corrected chi connectivity index (χ0v) is 11.8. The number of anilines is 1. The van der Waals surface area contributed by atoms with Crippen molar-refractivity contribution in [2.45, 2.75) is 26.7 Å². The van der Waals surface area contributed by atoms with Crippen molar-refractivity contribution in [1.29, 1.82) is 0 Å². The van der Waals surface area contributed by atoms with Crippen LogP contribution in [0.15, 0.2) is 28.8 Å². The van der Waals surface area contributed by atoms with Gasteiger partial charge in [-0.3, -0.25) is 4.79 Å². The highest BCUT2D eigenvalue weighted by Crippen LogP contribution is 2.27. The summed E-state index contributed by atoms with van der Waals surface area (Å²) < 4.78 is 4.90. The van der Waals surface area contributed by atoms with Gasteiger partial charge in [-0.15, -0.1) is 0 Å². The summed E-state index contributed by atoms with van der Waals surface area (Å²) in [5, 5.41) is 15.6. The average Bonchev–Trinajstić information content (AvgIpc) is 2.92. The maximum absolute atomic E-state index is 11.3. The highest BCUT2D eigenvalue weighted by Gasteiger charge is 2.21. The SMILES string of the molecule is CCC(=O)Nc1ccc(-c2noc(C(=O)O)c2CC)cc1. The molecule has 1 aromatic heterocycles. The van der Waals surface area contributed by atoms with Crippen LogP contribution in [0.1, 0.15) is 36.4 Å². The van der Waals surface area contributed by atoms with E-state index in [2.05, 4.69) is 10.5 Å². The van der Waals surface area contributed by atoms with E-state index in [4.69, 9.17) is 9.63 Å². The minimum absolute atomic E-state index is 0.0633. The van der Waals surface area contributed by atoms with Crippen molar-refractivity contribution in [3.8, 4) is 11.3 Å². The predicted octanol–water partition coefficient (Wildman–Crippen LogP) is 2.95. The highest BCUT2D eigenvalue weighted by atomic mass is 16.5. The molecule has 110 valence electrons. The van der Waals surface area contributed by atoms with Crippen LogP contribution in [0.4, 0.5) is 5.69 Å². The Kier molecular flexibility index (Phi) is 4.37. The standard InChI is InChI=1S/C15H16N2O4/c1-3-11-13(17-21-14(11)15(19)20)9-5-7-10(8-6-9)16-12(18)4-2/h5-8H,3-4H2,1-2H3,(H,16,18)(H,19,20). The van der Waals surface area contributed by atoms with E-state index in [0.717, 1.165) is 5.56 Å². The summed E-state index contributed by atoms with van der Waals surface area (Å²) in [6.45, 7) is 3.62. The minimum Gasteiger partial charge on any atom is -0.475 e. The van der Waals surface area contributed by atoms with Crippen molar-refractivity contribution in [2.75, 3.05) is 5.32 Å². The Morgan fingerprint density at radius 2 is 1.90 bits per heavy atom. The molecule has 2 rings (SSSR count). The number of hydrogen-bond donors (Lipinski definition) is 2. The number of carbonyl (C=O) groups is 2. The molecule has 0 saturated heterocycles. The maximum Gasteiger partial charge on any atom is 0.375 e. The van der Waals surface area contributed by atoms with Gasteiger partial charge >= 0.3 is 5.97 Å². The quantitative estimate of drug-likeness (QED) is 0.882. The van der Waals surface area contributed by atoms with E-state index >= 15 is 0 Å². The molecule has 0 aliphatic rings. The van der Waals surface area contributed by atoms with Gasteiger partial charge in [0.1, 0.15) is 5.69 Å². The highest BCUT2D eigenvalue weighted by molar-refractivity contribution is 5.91. The summed E-state index contributed by atoms with van der Waals surface area (Å²) >= 11 is 0. The van der Waals surface area contributed by atoms with Crippen molar-refractivity contribution in [3.05, 3.63) is 35.6 Å². The molecular weight excluding hydrogens is 272 g/mol. The van der Waals surface area contributed by atoms with E-state index < -0.39 is 5.97 Å². The van der Waals surface area contributed by atoms with Crippen molar-refractivity contribution >= 4 is 17.6 Å². The lowest BCUT2D eigenvalue weighted by molar-refractivity contribution is -0.115. The molecule has 0 fully saturated rings. The van der Waals surface area contributed by atoms with Crippen LogP contribution in [-0.2, 0) is 11.2 Å². The number of carboxylic acid groups (broad SMARTS) is 1. The van der Waals surface area contributed by atoms with Gasteiger partial charge in [-0.1, -0.05) is 31.1 Å². The van der Waals surface area contributed by atoms with Crippen molar-refractivity contribution in [2.24, 2.45) is 0 Å². The normalized spacial score (nSPS) is 10.4. The van der Waals surface area contributed by atoms with Crippen LogP contribution in [0.2, 0.25) is 0 Å². The number of carboxylic acids is 1. The lowest BCUT2D eigenvalue weighted by Gasteiger charge is -2.05. The number of benzene rings is 1. The fourth-order valence-corrected chi connectivity index (χ4v) is 1.99. The molecule has 0 aliphatic heterocycles. The summed E-state index contributed by atoms with van der Waals surface area (Å²) in [6, 6.07) is 7.04. The molecule has 1 aromatic carbocycles. The van der Waals surface area contributed by atoms with Gasteiger partial charge in [0.2, 0.25) is 11.7 Å². The number of carbonyl (C=O) groups excluding carboxylic acids is 1. The first-order valence-electron chi connectivity index (χ1n) is 6.68. The fraction of sp³-hybridized carbons (Fsp3) is 0.267. The van der Waals surface area contributed by atoms with Gasteiger partial charge < -0.3 is 14.9 Å². The second-order valence-corrected chi connectivity index (χ2v) is 4.48. The van der Waals surface area contributed by atoms with Crippen LogP contribution < -0.4 is 5.32 Å². The first kappa shape index (κ1) is 14.8. The van der Waals surface area contributed by atoms with Crippen LogP contribution >= 0.6 is 0 Å². The number of aromatic nitrogens is 1. The molecule has 21 heavy (non-hydrogen) atoms. The molecule has 0 radical (unpaired) electrons. The largest absolute Gasteiger partial charge is 0.475 e. The summed E-state index contributed by atoms with van der Waals surface area (Å²) in [5.41, 5.74) is 2.51. The third kappa shape index (κ3) is 3.10. The van der Waals surface area contributed by atoms with Gasteiger partial charge in [-0.05, 0) is 18.6 Å². The van der Waals surface area contributed by atoms with E-state index in [1.807, 2.05) is 6.92 Å². The van der Waals surface area contributed by atoms with Crippen molar-refractivity contribution in [3.63, 3.8) is 0 Å². The van der Waals surface area contributed by atoms with Crippen LogP contribution in [0, 0.1) is 0 Å². The van der Waals surface area contributed by atoms with Crippen LogP contribution in [0.5, 0.6) is 0 Å². The van der Waals surface area contributed by atoms with E-state index in [1.54, 1.807) is 31.2 Å². The van der Waals surface area contributed by atoms with Crippen LogP contribution in [0.25, 0.3) is 11.3 Å². The Morgan fingerprint density at radius 1 is 1.24 bits per heavy atom. The number of nitrogens with zero attached hydrogens (tertiary/aromatic N) is 1. The number of nitrogens with one attached hydrogen (secondary N) is 1. The second-order valence-electron chi connectivity index (χ2n) is 4.48. The Balaban J connectivity index is 2.31. The van der Waals surface area contributed by atoms with E-state index in [9.17, 15) is 9.59 Å². The maximum atomic E-state index is 11.3. The number of hydrogen-bond acceptors (Lipinski definition) is 4. The summed E-state index contributed by atoms with van der Waals surface area (Å²) in [4.78, 5) is 22.4. The average molecular weight is 288 g/mol. The second kappa shape index (κ2) is 6.21. The summed E-state index contributed by atoms with van der Waals surface area (Å²) in [7, 11) is 0. The lowest BCUT2D eigenvalue weighted by atomic mass is 10.0. The third-order valence-corrected chi connectivity index (χ3v) is 3.10. The molecule has 1 amide bonds. The van der Waals surface area contributed by atoms with Gasteiger partial charge in [0, 0.05) is 23.2 Å². The van der Waals surface area contributed by atoms with Gasteiger partial charge in [0.25, 0.3) is 0 Å². The molecule has 0 saturated carbocycles. The molecule has 6 nitrogen and oxygen atoms in total. The molecule has 2 aromatic rings. The first-order chi connectivity index (χ1) is 10.1.